The number of nitriles is 1. The average molecular weight is 372 g/mol. The zero-order valence-corrected chi connectivity index (χ0v) is 14.0. The van der Waals surface area contributed by atoms with Gasteiger partial charge >= 0.3 is 6.36 Å². The van der Waals surface area contributed by atoms with Crippen molar-refractivity contribution in [2.24, 2.45) is 0 Å². The molecule has 0 radical (unpaired) electrons. The molecule has 3 rings (SSSR count). The zero-order chi connectivity index (χ0) is 18.6. The number of para-hydroxylation sites is 1. The van der Waals surface area contributed by atoms with E-state index < -0.39 is 6.36 Å². The Kier molecular flexibility index (Phi) is 5.05. The number of rotatable bonds is 4. The number of nitrogens with zero attached hydrogens (tertiary/aromatic N) is 2. The van der Waals surface area contributed by atoms with E-state index >= 15 is 0 Å². The van der Waals surface area contributed by atoms with Crippen LogP contribution in [0.5, 0.6) is 5.75 Å². The molecule has 1 heterocycles. The van der Waals surface area contributed by atoms with Crippen LogP contribution >= 0.6 is 11.3 Å². The molecule has 2 aromatic carbocycles. The molecule has 0 N–H and O–H groups in total. The summed E-state index contributed by atoms with van der Waals surface area (Å²) in [5, 5.41) is 11.7. The minimum atomic E-state index is -4.81. The van der Waals surface area contributed by atoms with Crippen LogP contribution in [0.4, 0.5) is 13.2 Å². The predicted octanol–water partition coefficient (Wildman–Crippen LogP) is 5.77. The van der Waals surface area contributed by atoms with Gasteiger partial charge in [0.2, 0.25) is 0 Å². The molecular weight excluding hydrogens is 361 g/mol. The highest BCUT2D eigenvalue weighted by Gasteiger charge is 2.31. The minimum Gasteiger partial charge on any atom is -0.405 e. The van der Waals surface area contributed by atoms with E-state index in [4.69, 9.17) is 0 Å². The molecule has 0 aliphatic heterocycles. The zero-order valence-electron chi connectivity index (χ0n) is 13.2. The Morgan fingerprint density at radius 1 is 1.08 bits per heavy atom. The molecule has 0 aliphatic rings. The number of aromatic nitrogens is 1. The lowest BCUT2D eigenvalue weighted by molar-refractivity contribution is -0.274. The van der Waals surface area contributed by atoms with Crippen molar-refractivity contribution >= 4 is 23.0 Å². The molecule has 0 bridgehead atoms. The molecule has 3 nitrogen and oxygen atoms in total. The lowest BCUT2D eigenvalue weighted by Gasteiger charge is -2.11. The number of thiazole rings is 1. The highest BCUT2D eigenvalue weighted by molar-refractivity contribution is 7.11. The summed E-state index contributed by atoms with van der Waals surface area (Å²) in [5.74, 6) is -0.368. The summed E-state index contributed by atoms with van der Waals surface area (Å²) in [4.78, 5) is 4.42. The van der Waals surface area contributed by atoms with Crippen molar-refractivity contribution in [3.63, 3.8) is 0 Å². The molecule has 0 unspecified atom stereocenters. The van der Waals surface area contributed by atoms with Gasteiger partial charge in [-0.3, -0.25) is 0 Å². The monoisotopic (exact) mass is 372 g/mol. The molecule has 0 saturated carbocycles. The van der Waals surface area contributed by atoms with Crippen LogP contribution in [0.1, 0.15) is 10.6 Å². The maximum absolute atomic E-state index is 12.5. The number of benzene rings is 2. The molecule has 0 aliphatic carbocycles. The van der Waals surface area contributed by atoms with Crippen molar-refractivity contribution in [3.05, 3.63) is 70.5 Å². The van der Waals surface area contributed by atoms with E-state index in [-0.39, 0.29) is 16.9 Å². The Morgan fingerprint density at radius 3 is 2.46 bits per heavy atom. The van der Waals surface area contributed by atoms with Crippen LogP contribution in [0.3, 0.4) is 0 Å². The van der Waals surface area contributed by atoms with Crippen LogP contribution in [0.15, 0.2) is 60.0 Å². The number of allylic oxidation sites excluding steroid dienone is 1. The number of hydrogen-bond donors (Lipinski definition) is 0. The van der Waals surface area contributed by atoms with Crippen molar-refractivity contribution in [2.75, 3.05) is 0 Å². The highest BCUT2D eigenvalue weighted by Crippen LogP contribution is 2.31. The van der Waals surface area contributed by atoms with E-state index in [0.29, 0.717) is 10.7 Å². The van der Waals surface area contributed by atoms with Gasteiger partial charge in [0.05, 0.1) is 11.3 Å². The van der Waals surface area contributed by atoms with Gasteiger partial charge in [-0.2, -0.15) is 5.26 Å². The molecule has 7 heteroatoms. The SMILES string of the molecule is N#C/C(=C\c1ccccc1OC(F)(F)F)c1nc(-c2ccccc2)cs1. The Labute approximate surface area is 151 Å². The summed E-state index contributed by atoms with van der Waals surface area (Å²) >= 11 is 1.25. The Balaban J connectivity index is 1.96. The smallest absolute Gasteiger partial charge is 0.405 e. The summed E-state index contributed by atoms with van der Waals surface area (Å²) in [6.45, 7) is 0. The van der Waals surface area contributed by atoms with E-state index in [9.17, 15) is 18.4 Å². The van der Waals surface area contributed by atoms with Gasteiger partial charge in [-0.1, -0.05) is 48.5 Å². The maximum Gasteiger partial charge on any atom is 0.573 e. The van der Waals surface area contributed by atoms with Crippen LogP contribution < -0.4 is 4.74 Å². The summed E-state index contributed by atoms with van der Waals surface area (Å²) < 4.78 is 41.6. The average Bonchev–Trinajstić information content (AvgIpc) is 3.10. The van der Waals surface area contributed by atoms with E-state index in [2.05, 4.69) is 9.72 Å². The van der Waals surface area contributed by atoms with Gasteiger partial charge in [-0.05, 0) is 12.1 Å². The van der Waals surface area contributed by atoms with Crippen molar-refractivity contribution in [1.82, 2.24) is 4.98 Å². The van der Waals surface area contributed by atoms with E-state index in [0.717, 1.165) is 5.56 Å². The second kappa shape index (κ2) is 7.42. The molecule has 0 saturated heterocycles. The van der Waals surface area contributed by atoms with Crippen molar-refractivity contribution in [1.29, 1.82) is 5.26 Å². The standard InChI is InChI=1S/C19H11F3N2OS/c20-19(21,22)25-17-9-5-4-8-14(17)10-15(11-23)18-24-16(12-26-18)13-6-2-1-3-7-13/h1-10,12H/b15-10+. The van der Waals surface area contributed by atoms with E-state index in [1.165, 1.54) is 35.6 Å². The van der Waals surface area contributed by atoms with Gasteiger partial charge in [0, 0.05) is 16.5 Å². The van der Waals surface area contributed by atoms with Gasteiger partial charge in [0.1, 0.15) is 16.8 Å². The van der Waals surface area contributed by atoms with Crippen LogP contribution in [0.2, 0.25) is 0 Å². The maximum atomic E-state index is 12.5. The van der Waals surface area contributed by atoms with E-state index in [1.54, 1.807) is 11.4 Å². The third-order valence-electron chi connectivity index (χ3n) is 3.37. The fraction of sp³-hybridized carbons (Fsp3) is 0.0526. The lowest BCUT2D eigenvalue weighted by atomic mass is 10.1. The first-order valence-electron chi connectivity index (χ1n) is 7.44. The van der Waals surface area contributed by atoms with E-state index in [1.807, 2.05) is 36.4 Å². The van der Waals surface area contributed by atoms with Crippen molar-refractivity contribution < 1.29 is 17.9 Å². The largest absolute Gasteiger partial charge is 0.573 e. The van der Waals surface area contributed by atoms with Crippen molar-refractivity contribution in [3.8, 4) is 23.1 Å². The molecule has 0 amide bonds. The van der Waals surface area contributed by atoms with Crippen LogP contribution in [-0.4, -0.2) is 11.3 Å². The molecule has 1 aromatic heterocycles. The molecule has 0 spiro atoms. The van der Waals surface area contributed by atoms with Gasteiger partial charge in [-0.15, -0.1) is 24.5 Å². The first-order chi connectivity index (χ1) is 12.5. The second-order valence-electron chi connectivity index (χ2n) is 5.16. The normalized spacial score (nSPS) is 11.8. The second-order valence-corrected chi connectivity index (χ2v) is 6.02. The molecular formula is C19H11F3N2OS. The Bertz CT molecular complexity index is 972. The third-order valence-corrected chi connectivity index (χ3v) is 4.24. The Morgan fingerprint density at radius 2 is 1.77 bits per heavy atom. The predicted molar refractivity (Wildman–Crippen MR) is 94.2 cm³/mol. The highest BCUT2D eigenvalue weighted by atomic mass is 32.1. The number of alkyl halides is 3. The van der Waals surface area contributed by atoms with Gasteiger partial charge in [0.25, 0.3) is 0 Å². The molecule has 0 atom stereocenters. The summed E-state index contributed by atoms with van der Waals surface area (Å²) in [6.07, 6.45) is -3.47. The number of hydrogen-bond acceptors (Lipinski definition) is 4. The molecule has 0 fully saturated rings. The topological polar surface area (TPSA) is 45.9 Å². The first kappa shape index (κ1) is 17.7. The number of ether oxygens (including phenoxy) is 1. The summed E-state index contributed by atoms with van der Waals surface area (Å²) in [6, 6.07) is 17.1. The van der Waals surface area contributed by atoms with Gasteiger partial charge < -0.3 is 4.74 Å². The van der Waals surface area contributed by atoms with Crippen LogP contribution in [0.25, 0.3) is 22.9 Å². The van der Waals surface area contributed by atoms with Crippen molar-refractivity contribution in [2.45, 2.75) is 6.36 Å². The summed E-state index contributed by atoms with van der Waals surface area (Å²) in [7, 11) is 0. The van der Waals surface area contributed by atoms with Gasteiger partial charge in [-0.25, -0.2) is 4.98 Å². The Hall–Kier alpha value is -3.11. The number of halogens is 3. The fourth-order valence-electron chi connectivity index (χ4n) is 2.25. The van der Waals surface area contributed by atoms with Gasteiger partial charge in [0.15, 0.2) is 0 Å². The van der Waals surface area contributed by atoms with Crippen LogP contribution in [-0.2, 0) is 0 Å². The molecule has 3 aromatic rings. The quantitative estimate of drug-likeness (QED) is 0.546. The lowest BCUT2D eigenvalue weighted by Crippen LogP contribution is -2.17. The minimum absolute atomic E-state index is 0.151. The fourth-order valence-corrected chi connectivity index (χ4v) is 3.05. The third kappa shape index (κ3) is 4.29. The summed E-state index contributed by atoms with van der Waals surface area (Å²) in [5.41, 5.74) is 1.91. The molecule has 130 valence electrons. The first-order valence-corrected chi connectivity index (χ1v) is 8.32. The molecule has 26 heavy (non-hydrogen) atoms. The van der Waals surface area contributed by atoms with Crippen LogP contribution in [0, 0.1) is 11.3 Å².